The van der Waals surface area contributed by atoms with Gasteiger partial charge in [-0.15, -0.1) is 0 Å². The van der Waals surface area contributed by atoms with Crippen LogP contribution in [0, 0.1) is 11.8 Å². The standard InChI is InChI=1S/C11H14O4/c1-2-9(13)15-11-8-4-3-7(5-8)10(11)14-6-12/h2,6-8,10-11H,1,3-5H2. The number of hydrogen-bond donors (Lipinski definition) is 0. The summed E-state index contributed by atoms with van der Waals surface area (Å²) in [6.07, 6.45) is 3.74. The molecule has 0 aliphatic heterocycles. The van der Waals surface area contributed by atoms with E-state index in [-0.39, 0.29) is 12.2 Å². The first kappa shape index (κ1) is 10.2. The SMILES string of the molecule is C=CC(=O)OC1C2CCC(C2)C1OC=O. The Morgan fingerprint density at radius 3 is 2.53 bits per heavy atom. The lowest BCUT2D eigenvalue weighted by Gasteiger charge is -2.28. The van der Waals surface area contributed by atoms with E-state index in [0.29, 0.717) is 18.3 Å². The van der Waals surface area contributed by atoms with Gasteiger partial charge >= 0.3 is 5.97 Å². The van der Waals surface area contributed by atoms with Crippen molar-refractivity contribution in [3.05, 3.63) is 12.7 Å². The highest BCUT2D eigenvalue weighted by Crippen LogP contribution is 2.47. The van der Waals surface area contributed by atoms with Gasteiger partial charge < -0.3 is 9.47 Å². The Labute approximate surface area is 88.2 Å². The van der Waals surface area contributed by atoms with E-state index in [1.807, 2.05) is 0 Å². The average molecular weight is 210 g/mol. The number of esters is 1. The Morgan fingerprint density at radius 1 is 1.27 bits per heavy atom. The molecule has 4 atom stereocenters. The molecular formula is C11H14O4. The zero-order valence-corrected chi connectivity index (χ0v) is 8.43. The minimum Gasteiger partial charge on any atom is -0.460 e. The van der Waals surface area contributed by atoms with Gasteiger partial charge in [0, 0.05) is 17.9 Å². The van der Waals surface area contributed by atoms with Gasteiger partial charge in [-0.05, 0) is 19.3 Å². The number of ether oxygens (including phenoxy) is 2. The quantitative estimate of drug-likeness (QED) is 0.395. The van der Waals surface area contributed by atoms with Crippen molar-refractivity contribution in [1.29, 1.82) is 0 Å². The zero-order valence-electron chi connectivity index (χ0n) is 8.43. The van der Waals surface area contributed by atoms with Crippen LogP contribution in [0.3, 0.4) is 0 Å². The summed E-state index contributed by atoms with van der Waals surface area (Å²) < 4.78 is 10.2. The summed E-state index contributed by atoms with van der Waals surface area (Å²) in [7, 11) is 0. The fourth-order valence-electron chi connectivity index (χ4n) is 2.78. The highest BCUT2D eigenvalue weighted by atomic mass is 16.6. The molecule has 2 bridgehead atoms. The Hall–Kier alpha value is -1.32. The lowest BCUT2D eigenvalue weighted by atomic mass is 9.94. The van der Waals surface area contributed by atoms with Gasteiger partial charge in [-0.25, -0.2) is 4.79 Å². The molecule has 0 aromatic rings. The van der Waals surface area contributed by atoms with Crippen molar-refractivity contribution in [1.82, 2.24) is 0 Å². The van der Waals surface area contributed by atoms with Crippen molar-refractivity contribution in [3.8, 4) is 0 Å². The first-order chi connectivity index (χ1) is 7.26. The van der Waals surface area contributed by atoms with Crippen LogP contribution in [0.1, 0.15) is 19.3 Å². The third kappa shape index (κ3) is 1.76. The molecule has 4 nitrogen and oxygen atoms in total. The predicted molar refractivity (Wildman–Crippen MR) is 51.8 cm³/mol. The monoisotopic (exact) mass is 210 g/mol. The second-order valence-electron chi connectivity index (χ2n) is 4.14. The summed E-state index contributed by atoms with van der Waals surface area (Å²) in [4.78, 5) is 21.5. The lowest BCUT2D eigenvalue weighted by Crippen LogP contribution is -2.38. The molecule has 0 N–H and O–H groups in total. The van der Waals surface area contributed by atoms with Crippen molar-refractivity contribution in [3.63, 3.8) is 0 Å². The molecule has 0 radical (unpaired) electrons. The van der Waals surface area contributed by atoms with E-state index in [2.05, 4.69) is 6.58 Å². The van der Waals surface area contributed by atoms with Gasteiger partial charge in [0.25, 0.3) is 6.47 Å². The third-order valence-electron chi connectivity index (χ3n) is 3.40. The van der Waals surface area contributed by atoms with Crippen molar-refractivity contribution < 1.29 is 19.1 Å². The molecule has 2 aliphatic carbocycles. The summed E-state index contributed by atoms with van der Waals surface area (Å²) in [5, 5.41) is 0. The van der Waals surface area contributed by atoms with E-state index in [0.717, 1.165) is 25.3 Å². The van der Waals surface area contributed by atoms with E-state index in [1.165, 1.54) is 0 Å². The Balaban J connectivity index is 2.04. The maximum Gasteiger partial charge on any atom is 0.330 e. The molecule has 0 aromatic heterocycles. The summed E-state index contributed by atoms with van der Waals surface area (Å²) >= 11 is 0. The van der Waals surface area contributed by atoms with Crippen molar-refractivity contribution in [2.45, 2.75) is 31.5 Å². The Morgan fingerprint density at radius 2 is 1.93 bits per heavy atom. The fourth-order valence-corrected chi connectivity index (χ4v) is 2.78. The highest BCUT2D eigenvalue weighted by molar-refractivity contribution is 5.81. The molecule has 2 saturated carbocycles. The number of carbonyl (C=O) groups is 2. The second kappa shape index (κ2) is 4.04. The zero-order chi connectivity index (χ0) is 10.8. The third-order valence-corrected chi connectivity index (χ3v) is 3.40. The number of hydrogen-bond acceptors (Lipinski definition) is 4. The molecular weight excluding hydrogens is 196 g/mol. The maximum absolute atomic E-state index is 11.1. The van der Waals surface area contributed by atoms with Crippen LogP contribution in [0.25, 0.3) is 0 Å². The van der Waals surface area contributed by atoms with E-state index in [9.17, 15) is 9.59 Å². The van der Waals surface area contributed by atoms with Gasteiger partial charge in [-0.3, -0.25) is 4.79 Å². The maximum atomic E-state index is 11.1. The molecule has 2 aliphatic rings. The van der Waals surface area contributed by atoms with Crippen LogP contribution in [0.15, 0.2) is 12.7 Å². The van der Waals surface area contributed by atoms with Crippen LogP contribution >= 0.6 is 0 Å². The van der Waals surface area contributed by atoms with E-state index in [4.69, 9.17) is 9.47 Å². The molecule has 0 saturated heterocycles. The van der Waals surface area contributed by atoms with Gasteiger partial charge in [0.1, 0.15) is 12.2 Å². The first-order valence-electron chi connectivity index (χ1n) is 5.18. The first-order valence-corrected chi connectivity index (χ1v) is 5.18. The van der Waals surface area contributed by atoms with Gasteiger partial charge in [0.2, 0.25) is 0 Å². The van der Waals surface area contributed by atoms with Gasteiger partial charge in [0.15, 0.2) is 0 Å². The van der Waals surface area contributed by atoms with E-state index in [1.54, 1.807) is 0 Å². The summed E-state index contributed by atoms with van der Waals surface area (Å²) in [6.45, 7) is 3.80. The topological polar surface area (TPSA) is 52.6 Å². The minimum atomic E-state index is -0.438. The lowest BCUT2D eigenvalue weighted by molar-refractivity contribution is -0.161. The molecule has 2 rings (SSSR count). The van der Waals surface area contributed by atoms with Crippen molar-refractivity contribution in [2.24, 2.45) is 11.8 Å². The minimum absolute atomic E-state index is 0.245. The molecule has 4 unspecified atom stereocenters. The van der Waals surface area contributed by atoms with Crippen LogP contribution in [-0.4, -0.2) is 24.6 Å². The molecule has 0 amide bonds. The van der Waals surface area contributed by atoms with Crippen LogP contribution in [0.5, 0.6) is 0 Å². The number of fused-ring (bicyclic) bond motifs is 2. The van der Waals surface area contributed by atoms with Crippen LogP contribution in [0.4, 0.5) is 0 Å². The second-order valence-corrected chi connectivity index (χ2v) is 4.14. The Kier molecular flexibility index (Phi) is 2.75. The molecule has 15 heavy (non-hydrogen) atoms. The number of carbonyl (C=O) groups excluding carboxylic acids is 2. The van der Waals surface area contributed by atoms with Crippen LogP contribution in [0.2, 0.25) is 0 Å². The number of rotatable bonds is 4. The van der Waals surface area contributed by atoms with Gasteiger partial charge in [0.05, 0.1) is 0 Å². The normalized spacial score (nSPS) is 37.3. The van der Waals surface area contributed by atoms with Gasteiger partial charge in [-0.2, -0.15) is 0 Å². The summed E-state index contributed by atoms with van der Waals surface area (Å²) in [5.41, 5.74) is 0. The van der Waals surface area contributed by atoms with Crippen molar-refractivity contribution in [2.75, 3.05) is 0 Å². The van der Waals surface area contributed by atoms with E-state index >= 15 is 0 Å². The molecule has 0 spiro atoms. The fraction of sp³-hybridized carbons (Fsp3) is 0.636. The van der Waals surface area contributed by atoms with Gasteiger partial charge in [-0.1, -0.05) is 6.58 Å². The van der Waals surface area contributed by atoms with Crippen molar-refractivity contribution >= 4 is 12.4 Å². The highest BCUT2D eigenvalue weighted by Gasteiger charge is 2.51. The van der Waals surface area contributed by atoms with E-state index < -0.39 is 5.97 Å². The predicted octanol–water partition coefficient (Wildman–Crippen LogP) is 1.06. The summed E-state index contributed by atoms with van der Waals surface area (Å²) in [5.74, 6) is 0.277. The van der Waals surface area contributed by atoms with Crippen LogP contribution < -0.4 is 0 Å². The molecule has 0 aromatic carbocycles. The largest absolute Gasteiger partial charge is 0.460 e. The average Bonchev–Trinajstić information content (AvgIpc) is 2.81. The molecule has 0 heterocycles. The molecule has 4 heteroatoms. The Bertz CT molecular complexity index is 286. The smallest absolute Gasteiger partial charge is 0.330 e. The molecule has 82 valence electrons. The van der Waals surface area contributed by atoms with Crippen LogP contribution in [-0.2, 0) is 19.1 Å². The molecule has 2 fully saturated rings. The summed E-state index contributed by atoms with van der Waals surface area (Å²) in [6, 6.07) is 0.